The minimum absolute atomic E-state index is 0.264. The second kappa shape index (κ2) is 7.36. The monoisotopic (exact) mass is 393 g/mol. The van der Waals surface area contributed by atoms with E-state index in [0.717, 1.165) is 27.8 Å². The van der Waals surface area contributed by atoms with Crippen LogP contribution in [0.3, 0.4) is 0 Å². The largest absolute Gasteiger partial charge is 0.497 e. The van der Waals surface area contributed by atoms with Gasteiger partial charge >= 0.3 is 10.2 Å². The number of nitrogens with zero attached hydrogens (tertiary/aromatic N) is 1. The molecule has 1 aliphatic heterocycles. The standard InChI is InChI=1S/C21H19N3O3S/c1-27-20-10-8-18(9-11-20)22-21-14-19(23-28(25,26)24-21)13-15-6-7-16-4-2-3-5-17(16)12-15/h2-12,14,23H,13H2,1H3,(H,22,24). The van der Waals surface area contributed by atoms with Crippen LogP contribution in [-0.2, 0) is 16.6 Å². The molecule has 0 fully saturated rings. The van der Waals surface area contributed by atoms with Gasteiger partial charge in [-0.25, -0.2) is 0 Å². The lowest BCUT2D eigenvalue weighted by Gasteiger charge is -2.17. The molecule has 1 heterocycles. The molecule has 0 saturated carbocycles. The van der Waals surface area contributed by atoms with Crippen LogP contribution in [0.4, 0.5) is 5.69 Å². The summed E-state index contributed by atoms with van der Waals surface area (Å²) in [5.41, 5.74) is 2.29. The van der Waals surface area contributed by atoms with Crippen LogP contribution in [0.1, 0.15) is 5.56 Å². The first kappa shape index (κ1) is 18.1. The molecule has 0 aromatic heterocycles. The fourth-order valence-electron chi connectivity index (χ4n) is 3.08. The van der Waals surface area contributed by atoms with Crippen molar-refractivity contribution in [2.24, 2.45) is 4.40 Å². The SMILES string of the molecule is COc1ccc(NC2=NS(=O)(=O)NC(Cc3ccc4ccccc4c3)=C2)cc1. The zero-order valence-electron chi connectivity index (χ0n) is 15.2. The van der Waals surface area contributed by atoms with Crippen molar-refractivity contribution in [1.29, 1.82) is 0 Å². The highest BCUT2D eigenvalue weighted by Gasteiger charge is 2.18. The van der Waals surface area contributed by atoms with Crippen molar-refractivity contribution in [2.45, 2.75) is 6.42 Å². The zero-order chi connectivity index (χ0) is 19.6. The lowest BCUT2D eigenvalue weighted by molar-refractivity contribution is 0.415. The highest BCUT2D eigenvalue weighted by atomic mass is 32.2. The highest BCUT2D eigenvalue weighted by molar-refractivity contribution is 7.88. The van der Waals surface area contributed by atoms with E-state index in [1.165, 1.54) is 0 Å². The molecule has 1 aliphatic rings. The third-order valence-corrected chi connectivity index (χ3v) is 5.32. The molecule has 3 aromatic rings. The van der Waals surface area contributed by atoms with Crippen LogP contribution in [0, 0.1) is 0 Å². The quantitative estimate of drug-likeness (QED) is 0.709. The lowest BCUT2D eigenvalue weighted by atomic mass is 10.0. The topological polar surface area (TPSA) is 79.8 Å². The molecule has 2 N–H and O–H groups in total. The molecule has 0 saturated heterocycles. The fraction of sp³-hybridized carbons (Fsp3) is 0.0952. The lowest BCUT2D eigenvalue weighted by Crippen LogP contribution is -2.30. The molecule has 0 unspecified atom stereocenters. The van der Waals surface area contributed by atoms with E-state index in [-0.39, 0.29) is 5.84 Å². The number of methoxy groups -OCH3 is 1. The van der Waals surface area contributed by atoms with Gasteiger partial charge < -0.3 is 10.1 Å². The summed E-state index contributed by atoms with van der Waals surface area (Å²) in [6.45, 7) is 0. The molecule has 0 bridgehead atoms. The predicted molar refractivity (Wildman–Crippen MR) is 112 cm³/mol. The van der Waals surface area contributed by atoms with Gasteiger partial charge in [-0.2, -0.15) is 8.42 Å². The summed E-state index contributed by atoms with van der Waals surface area (Å²) < 4.78 is 35.7. The van der Waals surface area contributed by atoms with Gasteiger partial charge in [0.2, 0.25) is 0 Å². The fourth-order valence-corrected chi connectivity index (χ4v) is 3.94. The number of ether oxygens (including phenoxy) is 1. The number of nitrogens with one attached hydrogen (secondary N) is 2. The van der Waals surface area contributed by atoms with Gasteiger partial charge in [0.15, 0.2) is 0 Å². The Morgan fingerprint density at radius 2 is 1.75 bits per heavy atom. The summed E-state index contributed by atoms with van der Waals surface area (Å²) >= 11 is 0. The second-order valence-corrected chi connectivity index (χ2v) is 7.77. The number of hydrogen-bond acceptors (Lipinski definition) is 4. The molecule has 7 heteroatoms. The number of rotatable bonds is 4. The van der Waals surface area contributed by atoms with E-state index in [9.17, 15) is 8.42 Å². The molecule has 142 valence electrons. The van der Waals surface area contributed by atoms with Crippen molar-refractivity contribution in [3.05, 3.63) is 84.1 Å². The summed E-state index contributed by atoms with van der Waals surface area (Å²) in [4.78, 5) is 0. The Kier molecular flexibility index (Phi) is 4.75. The number of allylic oxidation sites excluding steroid dienone is 1. The van der Waals surface area contributed by atoms with Gasteiger partial charge in [0.1, 0.15) is 11.6 Å². The second-order valence-electron chi connectivity index (χ2n) is 6.44. The summed E-state index contributed by atoms with van der Waals surface area (Å²) in [5.74, 6) is 0.984. The van der Waals surface area contributed by atoms with Crippen LogP contribution in [0.15, 0.2) is 82.9 Å². The molecule has 0 spiro atoms. The van der Waals surface area contributed by atoms with Gasteiger partial charge in [0, 0.05) is 23.9 Å². The number of fused-ring (bicyclic) bond motifs is 1. The first-order chi connectivity index (χ1) is 13.5. The Morgan fingerprint density at radius 3 is 2.50 bits per heavy atom. The van der Waals surface area contributed by atoms with E-state index >= 15 is 0 Å². The summed E-state index contributed by atoms with van der Waals surface area (Å²) in [6, 6.07) is 21.3. The molecule has 0 radical (unpaired) electrons. The molecule has 28 heavy (non-hydrogen) atoms. The van der Waals surface area contributed by atoms with Crippen LogP contribution in [0.25, 0.3) is 10.8 Å². The number of anilines is 1. The first-order valence-electron chi connectivity index (χ1n) is 8.73. The molecule has 6 nitrogen and oxygen atoms in total. The Morgan fingerprint density at radius 1 is 1.00 bits per heavy atom. The summed E-state index contributed by atoms with van der Waals surface area (Å²) in [6.07, 6.45) is 2.16. The van der Waals surface area contributed by atoms with Crippen molar-refractivity contribution >= 4 is 32.5 Å². The molecule has 0 amide bonds. The highest BCUT2D eigenvalue weighted by Crippen LogP contribution is 2.20. The van der Waals surface area contributed by atoms with Crippen molar-refractivity contribution < 1.29 is 13.2 Å². The Bertz CT molecular complexity index is 1180. The average molecular weight is 393 g/mol. The third-order valence-electron chi connectivity index (χ3n) is 4.36. The van der Waals surface area contributed by atoms with Gasteiger partial charge in [0.05, 0.1) is 7.11 Å². The smallest absolute Gasteiger partial charge is 0.343 e. The minimum atomic E-state index is -3.79. The van der Waals surface area contributed by atoms with Crippen molar-refractivity contribution in [3.8, 4) is 5.75 Å². The number of benzene rings is 3. The maximum absolute atomic E-state index is 12.2. The van der Waals surface area contributed by atoms with Crippen molar-refractivity contribution in [1.82, 2.24) is 4.72 Å². The summed E-state index contributed by atoms with van der Waals surface area (Å²) in [7, 11) is -2.20. The molecule has 0 aliphatic carbocycles. The van der Waals surface area contributed by atoms with E-state index < -0.39 is 10.2 Å². The van der Waals surface area contributed by atoms with Gasteiger partial charge in [0.25, 0.3) is 0 Å². The predicted octanol–water partition coefficient (Wildman–Crippen LogP) is 3.63. The van der Waals surface area contributed by atoms with E-state index in [2.05, 4.69) is 20.5 Å². The molecule has 0 atom stereocenters. The maximum Gasteiger partial charge on any atom is 0.343 e. The van der Waals surface area contributed by atoms with Gasteiger partial charge in [-0.3, -0.25) is 4.72 Å². The maximum atomic E-state index is 12.2. The van der Waals surface area contributed by atoms with Gasteiger partial charge in [-0.1, -0.05) is 42.5 Å². The van der Waals surface area contributed by atoms with Crippen LogP contribution in [-0.4, -0.2) is 21.4 Å². The van der Waals surface area contributed by atoms with Crippen molar-refractivity contribution in [3.63, 3.8) is 0 Å². The molecule has 3 aromatic carbocycles. The summed E-state index contributed by atoms with van der Waals surface area (Å²) in [5, 5.41) is 5.29. The van der Waals surface area contributed by atoms with Crippen molar-refractivity contribution in [2.75, 3.05) is 12.4 Å². The average Bonchev–Trinajstić information content (AvgIpc) is 2.67. The van der Waals surface area contributed by atoms with E-state index in [1.807, 2.05) is 36.4 Å². The van der Waals surface area contributed by atoms with E-state index in [4.69, 9.17) is 4.74 Å². The first-order valence-corrected chi connectivity index (χ1v) is 10.2. The number of amidine groups is 1. The third kappa shape index (κ3) is 4.15. The molecular formula is C21H19N3O3S. The van der Waals surface area contributed by atoms with E-state index in [0.29, 0.717) is 12.1 Å². The van der Waals surface area contributed by atoms with Gasteiger partial charge in [-0.15, -0.1) is 4.40 Å². The Balaban J connectivity index is 1.57. The Hall–Kier alpha value is -3.32. The normalized spacial score (nSPS) is 15.3. The Labute approximate surface area is 163 Å². The van der Waals surface area contributed by atoms with Crippen LogP contribution in [0.2, 0.25) is 0 Å². The zero-order valence-corrected chi connectivity index (χ0v) is 16.0. The molecular weight excluding hydrogens is 374 g/mol. The van der Waals surface area contributed by atoms with E-state index in [1.54, 1.807) is 37.5 Å². The van der Waals surface area contributed by atoms with Crippen LogP contribution < -0.4 is 14.8 Å². The van der Waals surface area contributed by atoms with Crippen LogP contribution >= 0.6 is 0 Å². The molecule has 4 rings (SSSR count). The van der Waals surface area contributed by atoms with Crippen LogP contribution in [0.5, 0.6) is 5.75 Å². The van der Waals surface area contributed by atoms with Gasteiger partial charge in [-0.05, 0) is 40.6 Å². The minimum Gasteiger partial charge on any atom is -0.497 e. The number of hydrogen-bond donors (Lipinski definition) is 2.